The summed E-state index contributed by atoms with van der Waals surface area (Å²) in [4.78, 5) is 23.8. The van der Waals surface area contributed by atoms with Crippen LogP contribution in [0.4, 0.5) is 5.82 Å². The first-order valence-corrected chi connectivity index (χ1v) is 6.40. The summed E-state index contributed by atoms with van der Waals surface area (Å²) in [5.41, 5.74) is -0.706. The van der Waals surface area contributed by atoms with Crippen molar-refractivity contribution in [3.63, 3.8) is 0 Å². The average molecular weight is 262 g/mol. The molecule has 0 aromatic carbocycles. The van der Waals surface area contributed by atoms with Crippen LogP contribution in [0.1, 0.15) is 31.7 Å². The summed E-state index contributed by atoms with van der Waals surface area (Å²) in [6.07, 6.45) is 3.36. The van der Waals surface area contributed by atoms with E-state index >= 15 is 0 Å². The van der Waals surface area contributed by atoms with Crippen LogP contribution in [0.15, 0.2) is 9.59 Å². The Hall–Kier alpha value is -2.03. The molecule has 0 bridgehead atoms. The van der Waals surface area contributed by atoms with Crippen LogP contribution < -0.4 is 16.6 Å². The number of hydrogen-bond acceptors (Lipinski definition) is 4. The highest BCUT2D eigenvalue weighted by atomic mass is 16.2. The molecule has 0 amide bonds. The van der Waals surface area contributed by atoms with E-state index in [-0.39, 0.29) is 11.0 Å². The van der Waals surface area contributed by atoms with E-state index < -0.39 is 11.2 Å². The number of nitriles is 1. The molecule has 1 N–H and O–H groups in total. The minimum atomic E-state index is -0.547. The van der Waals surface area contributed by atoms with Crippen molar-refractivity contribution in [2.45, 2.75) is 26.2 Å². The molecule has 2 rings (SSSR count). The maximum absolute atomic E-state index is 11.9. The standard InChI is InChI=1S/C13H18N4O2/c1-4-13(5-6-13)8-15-10-9(7-14)11(18)17(3)12(19)16(10)2/h15H,4-6,8H2,1-3H3. The first kappa shape index (κ1) is 13.4. The van der Waals surface area contributed by atoms with Gasteiger partial charge in [-0.2, -0.15) is 5.26 Å². The Kier molecular flexibility index (Phi) is 3.23. The lowest BCUT2D eigenvalue weighted by atomic mass is 10.0. The van der Waals surface area contributed by atoms with Crippen LogP contribution in [-0.2, 0) is 14.1 Å². The molecule has 1 saturated carbocycles. The van der Waals surface area contributed by atoms with Crippen LogP contribution in [0.5, 0.6) is 0 Å². The number of rotatable bonds is 4. The molecule has 0 unspecified atom stereocenters. The van der Waals surface area contributed by atoms with Crippen molar-refractivity contribution in [1.29, 1.82) is 5.26 Å². The first-order valence-electron chi connectivity index (χ1n) is 6.40. The van der Waals surface area contributed by atoms with Crippen molar-refractivity contribution in [2.24, 2.45) is 19.5 Å². The highest BCUT2D eigenvalue weighted by Gasteiger charge is 2.40. The van der Waals surface area contributed by atoms with Gasteiger partial charge in [0.25, 0.3) is 5.56 Å². The van der Waals surface area contributed by atoms with E-state index in [1.165, 1.54) is 11.6 Å². The molecule has 19 heavy (non-hydrogen) atoms. The van der Waals surface area contributed by atoms with Crippen LogP contribution in [-0.4, -0.2) is 15.7 Å². The summed E-state index contributed by atoms with van der Waals surface area (Å²) >= 11 is 0. The Labute approximate surface area is 111 Å². The Morgan fingerprint density at radius 1 is 1.32 bits per heavy atom. The summed E-state index contributed by atoms with van der Waals surface area (Å²) in [7, 11) is 2.94. The second kappa shape index (κ2) is 4.57. The van der Waals surface area contributed by atoms with E-state index in [1.807, 2.05) is 6.07 Å². The van der Waals surface area contributed by atoms with Crippen molar-refractivity contribution in [3.8, 4) is 6.07 Å². The Bertz CT molecular complexity index is 659. The molecule has 6 heteroatoms. The number of anilines is 1. The van der Waals surface area contributed by atoms with E-state index in [4.69, 9.17) is 5.26 Å². The Morgan fingerprint density at radius 3 is 2.42 bits per heavy atom. The quantitative estimate of drug-likeness (QED) is 0.859. The predicted molar refractivity (Wildman–Crippen MR) is 72.1 cm³/mol. The fourth-order valence-corrected chi connectivity index (χ4v) is 2.26. The fraction of sp³-hybridized carbons (Fsp3) is 0.615. The summed E-state index contributed by atoms with van der Waals surface area (Å²) in [6.45, 7) is 2.82. The van der Waals surface area contributed by atoms with Gasteiger partial charge in [-0.1, -0.05) is 6.92 Å². The van der Waals surface area contributed by atoms with E-state index in [2.05, 4.69) is 12.2 Å². The van der Waals surface area contributed by atoms with Gasteiger partial charge in [0.05, 0.1) is 0 Å². The van der Waals surface area contributed by atoms with Crippen LogP contribution in [0.2, 0.25) is 0 Å². The van der Waals surface area contributed by atoms with Crippen molar-refractivity contribution in [3.05, 3.63) is 26.4 Å². The van der Waals surface area contributed by atoms with Gasteiger partial charge >= 0.3 is 5.69 Å². The molecule has 1 aliphatic carbocycles. The van der Waals surface area contributed by atoms with E-state index in [0.717, 1.165) is 23.8 Å². The minimum Gasteiger partial charge on any atom is -0.370 e. The molecule has 0 radical (unpaired) electrons. The zero-order valence-corrected chi connectivity index (χ0v) is 11.5. The van der Waals surface area contributed by atoms with Crippen LogP contribution in [0.3, 0.4) is 0 Å². The van der Waals surface area contributed by atoms with Crippen LogP contribution in [0.25, 0.3) is 0 Å². The van der Waals surface area contributed by atoms with E-state index in [9.17, 15) is 9.59 Å². The molecular formula is C13H18N4O2. The number of nitrogens with one attached hydrogen (secondary N) is 1. The molecule has 0 saturated heterocycles. The Balaban J connectivity index is 2.43. The van der Waals surface area contributed by atoms with Crippen LogP contribution in [0, 0.1) is 16.7 Å². The molecule has 102 valence electrons. The molecule has 0 atom stereocenters. The molecule has 0 aliphatic heterocycles. The lowest BCUT2D eigenvalue weighted by molar-refractivity contribution is 0.518. The zero-order chi connectivity index (χ0) is 14.2. The highest BCUT2D eigenvalue weighted by Crippen LogP contribution is 2.48. The smallest absolute Gasteiger partial charge is 0.332 e. The monoisotopic (exact) mass is 262 g/mol. The van der Waals surface area contributed by atoms with Gasteiger partial charge in [-0.05, 0) is 24.7 Å². The lowest BCUT2D eigenvalue weighted by Gasteiger charge is -2.17. The number of aromatic nitrogens is 2. The third-order valence-electron chi connectivity index (χ3n) is 4.11. The van der Waals surface area contributed by atoms with Gasteiger partial charge in [0.15, 0.2) is 5.56 Å². The van der Waals surface area contributed by atoms with Gasteiger partial charge in [-0.25, -0.2) is 4.79 Å². The molecular weight excluding hydrogens is 244 g/mol. The topological polar surface area (TPSA) is 79.8 Å². The molecule has 6 nitrogen and oxygen atoms in total. The third-order valence-corrected chi connectivity index (χ3v) is 4.11. The molecule has 1 heterocycles. The summed E-state index contributed by atoms with van der Waals surface area (Å²) in [5, 5.41) is 12.2. The summed E-state index contributed by atoms with van der Waals surface area (Å²) in [6, 6.07) is 1.89. The number of nitrogens with zero attached hydrogens (tertiary/aromatic N) is 3. The van der Waals surface area contributed by atoms with Gasteiger partial charge in [0, 0.05) is 20.6 Å². The molecule has 1 aromatic heterocycles. The van der Waals surface area contributed by atoms with Gasteiger partial charge in [0.2, 0.25) is 0 Å². The van der Waals surface area contributed by atoms with Crippen molar-refractivity contribution < 1.29 is 0 Å². The second-order valence-corrected chi connectivity index (χ2v) is 5.25. The van der Waals surface area contributed by atoms with Gasteiger partial charge in [-0.15, -0.1) is 0 Å². The van der Waals surface area contributed by atoms with Crippen molar-refractivity contribution >= 4 is 5.82 Å². The maximum Gasteiger partial charge on any atom is 0.332 e. The minimum absolute atomic E-state index is 0.00324. The summed E-state index contributed by atoms with van der Waals surface area (Å²) < 4.78 is 2.28. The van der Waals surface area contributed by atoms with Crippen molar-refractivity contribution in [2.75, 3.05) is 11.9 Å². The normalized spacial score (nSPS) is 15.9. The lowest BCUT2D eigenvalue weighted by Crippen LogP contribution is -2.40. The average Bonchev–Trinajstić information content (AvgIpc) is 3.19. The molecule has 1 aromatic rings. The zero-order valence-electron chi connectivity index (χ0n) is 11.5. The fourth-order valence-electron chi connectivity index (χ4n) is 2.26. The maximum atomic E-state index is 11.9. The van der Waals surface area contributed by atoms with Crippen molar-refractivity contribution in [1.82, 2.24) is 9.13 Å². The molecule has 1 aliphatic rings. The second-order valence-electron chi connectivity index (χ2n) is 5.25. The largest absolute Gasteiger partial charge is 0.370 e. The first-order chi connectivity index (χ1) is 8.95. The summed E-state index contributed by atoms with van der Waals surface area (Å²) in [5.74, 6) is 0.329. The molecule has 0 spiro atoms. The van der Waals surface area contributed by atoms with Gasteiger partial charge in [0.1, 0.15) is 11.9 Å². The Morgan fingerprint density at radius 2 is 1.95 bits per heavy atom. The predicted octanol–water partition coefficient (Wildman–Crippen LogP) is 0.558. The molecule has 1 fully saturated rings. The third kappa shape index (κ3) is 2.16. The van der Waals surface area contributed by atoms with E-state index in [1.54, 1.807) is 7.05 Å². The van der Waals surface area contributed by atoms with Crippen LogP contribution >= 0.6 is 0 Å². The van der Waals surface area contributed by atoms with Gasteiger partial charge < -0.3 is 5.32 Å². The SMILES string of the molecule is CCC1(CNc2c(C#N)c(=O)n(C)c(=O)n2C)CC1. The van der Waals surface area contributed by atoms with E-state index in [0.29, 0.717) is 12.4 Å². The number of hydrogen-bond donors (Lipinski definition) is 1. The van der Waals surface area contributed by atoms with Gasteiger partial charge in [-0.3, -0.25) is 13.9 Å². The highest BCUT2D eigenvalue weighted by molar-refractivity contribution is 5.51.